The number of aromatic nitrogens is 4. The lowest BCUT2D eigenvalue weighted by Crippen LogP contribution is -2.43. The van der Waals surface area contributed by atoms with E-state index in [0.29, 0.717) is 18.1 Å². The minimum atomic E-state index is 0.197. The summed E-state index contributed by atoms with van der Waals surface area (Å²) in [4.78, 5) is 27.7. The Morgan fingerprint density at radius 1 is 1.03 bits per heavy atom. The maximum Gasteiger partial charge on any atom is 0.224 e. The zero-order valence-electron chi connectivity index (χ0n) is 18.9. The van der Waals surface area contributed by atoms with Crippen molar-refractivity contribution in [2.24, 2.45) is 4.99 Å². The molecule has 3 aromatic rings. The van der Waals surface area contributed by atoms with E-state index in [-0.39, 0.29) is 5.95 Å². The van der Waals surface area contributed by atoms with Crippen LogP contribution in [0.5, 0.6) is 5.88 Å². The van der Waals surface area contributed by atoms with Crippen molar-refractivity contribution in [2.45, 2.75) is 0 Å². The van der Waals surface area contributed by atoms with E-state index in [0.717, 1.165) is 72.6 Å². The van der Waals surface area contributed by atoms with E-state index in [9.17, 15) is 0 Å². The van der Waals surface area contributed by atoms with E-state index in [1.807, 2.05) is 30.3 Å². The van der Waals surface area contributed by atoms with Crippen molar-refractivity contribution in [1.82, 2.24) is 25.3 Å². The van der Waals surface area contributed by atoms with Gasteiger partial charge in [0.25, 0.3) is 0 Å². The normalized spacial score (nSPS) is 17.1. The number of anilines is 3. The van der Waals surface area contributed by atoms with E-state index >= 15 is 0 Å². The van der Waals surface area contributed by atoms with Gasteiger partial charge in [0.15, 0.2) is 0 Å². The standard InChI is InChI=1S/C24H25N9O/c1-34-23-15(5-6-19(29-23)32-11-8-26-9-12-32)20-17-14-16(18-4-2-3-7-27-18)21-28-10-13-33(21)22(17)31-24(25)30-20/h2-7,14,26H,8-13H2,1H3,(H2,25,30,31). The first kappa shape index (κ1) is 20.5. The fraction of sp³-hybridized carbons (Fsp3) is 0.292. The van der Waals surface area contributed by atoms with Gasteiger partial charge < -0.3 is 25.6 Å². The molecule has 0 atom stereocenters. The molecule has 1 fully saturated rings. The molecule has 10 nitrogen and oxygen atoms in total. The largest absolute Gasteiger partial charge is 0.480 e. The Bertz CT molecular complexity index is 1300. The van der Waals surface area contributed by atoms with Crippen LogP contribution in [0.15, 0.2) is 41.5 Å². The third kappa shape index (κ3) is 3.43. The molecule has 1 saturated heterocycles. The average molecular weight is 456 g/mol. The lowest BCUT2D eigenvalue weighted by atomic mass is 9.98. The van der Waals surface area contributed by atoms with Gasteiger partial charge in [0, 0.05) is 50.1 Å². The molecule has 0 amide bonds. The number of nitrogen functional groups attached to an aromatic ring is 1. The van der Waals surface area contributed by atoms with Gasteiger partial charge in [-0.15, -0.1) is 0 Å². The van der Waals surface area contributed by atoms with Gasteiger partial charge in [-0.2, -0.15) is 9.97 Å². The fourth-order valence-corrected chi connectivity index (χ4v) is 4.66. The summed E-state index contributed by atoms with van der Waals surface area (Å²) in [5.74, 6) is 3.19. The molecular formula is C24H25N9O. The van der Waals surface area contributed by atoms with Gasteiger partial charge in [0.1, 0.15) is 17.5 Å². The lowest BCUT2D eigenvalue weighted by Gasteiger charge is -2.29. The molecule has 0 spiro atoms. The number of amidine groups is 1. The summed E-state index contributed by atoms with van der Waals surface area (Å²) in [5.41, 5.74) is 10.3. The second-order valence-corrected chi connectivity index (χ2v) is 8.26. The summed E-state index contributed by atoms with van der Waals surface area (Å²) in [6.07, 6.45) is 3.84. The SMILES string of the molecule is COc1nc(N2CCNCC2)ccc1-c1nc(N)nc2c1C=C(c1ccccn1)C1=NCCN12. The molecule has 0 aromatic carbocycles. The van der Waals surface area contributed by atoms with Crippen LogP contribution in [0.4, 0.5) is 17.6 Å². The van der Waals surface area contributed by atoms with E-state index < -0.39 is 0 Å². The summed E-state index contributed by atoms with van der Waals surface area (Å²) in [7, 11) is 1.63. The van der Waals surface area contributed by atoms with Crippen LogP contribution in [-0.2, 0) is 0 Å². The van der Waals surface area contributed by atoms with Crippen molar-refractivity contribution in [2.75, 3.05) is 61.9 Å². The minimum absolute atomic E-state index is 0.197. The first-order chi connectivity index (χ1) is 16.7. The molecule has 0 bridgehead atoms. The summed E-state index contributed by atoms with van der Waals surface area (Å²) in [6, 6.07) is 9.88. The molecule has 6 rings (SSSR count). The number of hydrogen-bond donors (Lipinski definition) is 2. The predicted octanol–water partition coefficient (Wildman–Crippen LogP) is 1.71. The number of aliphatic imine (C=N–C) groups is 1. The fourth-order valence-electron chi connectivity index (χ4n) is 4.66. The zero-order valence-corrected chi connectivity index (χ0v) is 18.9. The van der Waals surface area contributed by atoms with E-state index in [2.05, 4.69) is 36.1 Å². The van der Waals surface area contributed by atoms with Crippen LogP contribution in [-0.4, -0.2) is 72.1 Å². The molecule has 3 aliphatic heterocycles. The van der Waals surface area contributed by atoms with E-state index in [1.165, 1.54) is 0 Å². The molecule has 0 unspecified atom stereocenters. The molecule has 0 saturated carbocycles. The molecule has 6 heterocycles. The Kier molecular flexibility index (Phi) is 5.06. The van der Waals surface area contributed by atoms with Gasteiger partial charge >= 0.3 is 0 Å². The summed E-state index contributed by atoms with van der Waals surface area (Å²) in [6.45, 7) is 5.07. The first-order valence-electron chi connectivity index (χ1n) is 11.4. The maximum absolute atomic E-state index is 6.19. The number of nitrogens with zero attached hydrogens (tertiary/aromatic N) is 7. The zero-order chi connectivity index (χ0) is 23.1. The monoisotopic (exact) mass is 455 g/mol. The number of methoxy groups -OCH3 is 1. The summed E-state index contributed by atoms with van der Waals surface area (Å²) in [5, 5.41) is 3.37. The van der Waals surface area contributed by atoms with Crippen molar-refractivity contribution in [3.63, 3.8) is 0 Å². The van der Waals surface area contributed by atoms with Gasteiger partial charge in [0.2, 0.25) is 11.8 Å². The third-order valence-electron chi connectivity index (χ3n) is 6.24. The molecule has 34 heavy (non-hydrogen) atoms. The third-order valence-corrected chi connectivity index (χ3v) is 6.24. The van der Waals surface area contributed by atoms with Crippen LogP contribution in [0, 0.1) is 0 Å². The van der Waals surface area contributed by atoms with Crippen LogP contribution in [0.1, 0.15) is 11.3 Å². The van der Waals surface area contributed by atoms with Crippen LogP contribution in [0.2, 0.25) is 0 Å². The highest BCUT2D eigenvalue weighted by molar-refractivity contribution is 6.35. The van der Waals surface area contributed by atoms with Gasteiger partial charge in [0.05, 0.1) is 30.6 Å². The predicted molar refractivity (Wildman–Crippen MR) is 133 cm³/mol. The maximum atomic E-state index is 6.19. The Morgan fingerprint density at radius 3 is 2.71 bits per heavy atom. The highest BCUT2D eigenvalue weighted by atomic mass is 16.5. The van der Waals surface area contributed by atoms with Crippen molar-refractivity contribution >= 4 is 35.1 Å². The van der Waals surface area contributed by atoms with Crippen LogP contribution >= 0.6 is 0 Å². The average Bonchev–Trinajstić information content (AvgIpc) is 3.39. The highest BCUT2D eigenvalue weighted by Gasteiger charge is 2.33. The number of hydrogen-bond acceptors (Lipinski definition) is 10. The van der Waals surface area contributed by atoms with Crippen LogP contribution < -0.4 is 25.6 Å². The first-order valence-corrected chi connectivity index (χ1v) is 11.4. The topological polar surface area (TPSA) is 118 Å². The number of ether oxygens (including phenoxy) is 1. The van der Waals surface area contributed by atoms with Crippen LogP contribution in [0.3, 0.4) is 0 Å². The van der Waals surface area contributed by atoms with Crippen molar-refractivity contribution in [3.05, 3.63) is 47.8 Å². The van der Waals surface area contributed by atoms with Gasteiger partial charge in [-0.3, -0.25) is 9.98 Å². The van der Waals surface area contributed by atoms with Crippen molar-refractivity contribution in [1.29, 1.82) is 0 Å². The molecule has 3 N–H and O–H groups in total. The van der Waals surface area contributed by atoms with Gasteiger partial charge in [-0.1, -0.05) is 6.07 Å². The number of nitrogens with two attached hydrogens (primary N) is 1. The molecule has 0 aliphatic carbocycles. The second kappa shape index (κ2) is 8.38. The van der Waals surface area contributed by atoms with Crippen LogP contribution in [0.25, 0.3) is 22.9 Å². The number of pyridine rings is 2. The summed E-state index contributed by atoms with van der Waals surface area (Å²) >= 11 is 0. The number of fused-ring (bicyclic) bond motifs is 3. The Balaban J connectivity index is 1.51. The van der Waals surface area contributed by atoms with Crippen molar-refractivity contribution < 1.29 is 4.74 Å². The number of rotatable bonds is 4. The van der Waals surface area contributed by atoms with Gasteiger partial charge in [-0.05, 0) is 30.3 Å². The molecule has 172 valence electrons. The molecule has 3 aromatic heterocycles. The smallest absolute Gasteiger partial charge is 0.224 e. The Morgan fingerprint density at radius 2 is 1.91 bits per heavy atom. The Hall–Kier alpha value is -4.05. The highest BCUT2D eigenvalue weighted by Crippen LogP contribution is 2.41. The molecule has 10 heteroatoms. The molecular weight excluding hydrogens is 430 g/mol. The van der Waals surface area contributed by atoms with Gasteiger partial charge in [-0.25, -0.2) is 4.98 Å². The molecule has 0 radical (unpaired) electrons. The van der Waals surface area contributed by atoms with E-state index in [1.54, 1.807) is 13.3 Å². The van der Waals surface area contributed by atoms with Crippen molar-refractivity contribution in [3.8, 4) is 17.1 Å². The number of nitrogens with one attached hydrogen (secondary N) is 1. The minimum Gasteiger partial charge on any atom is -0.480 e. The second-order valence-electron chi connectivity index (χ2n) is 8.26. The van der Waals surface area contributed by atoms with E-state index in [4.69, 9.17) is 20.4 Å². The molecule has 3 aliphatic rings. The summed E-state index contributed by atoms with van der Waals surface area (Å²) < 4.78 is 5.74. The Labute approximate surface area is 197 Å². The number of piperazine rings is 1. The quantitative estimate of drug-likeness (QED) is 0.606. The lowest BCUT2D eigenvalue weighted by molar-refractivity contribution is 0.399.